The van der Waals surface area contributed by atoms with Crippen molar-refractivity contribution in [1.29, 1.82) is 0 Å². The Morgan fingerprint density at radius 1 is 1.05 bits per heavy atom. The van der Waals surface area contributed by atoms with Crippen molar-refractivity contribution in [3.63, 3.8) is 0 Å². The van der Waals surface area contributed by atoms with Crippen LogP contribution in [-0.4, -0.2) is 74.4 Å². The fourth-order valence-corrected chi connectivity index (χ4v) is 4.74. The van der Waals surface area contributed by atoms with Gasteiger partial charge in [-0.1, -0.05) is 32.0 Å². The molecule has 17 heteroatoms. The van der Waals surface area contributed by atoms with E-state index >= 15 is 0 Å². The molecule has 0 aliphatic carbocycles. The quantitative estimate of drug-likeness (QED) is 0.160. The van der Waals surface area contributed by atoms with Gasteiger partial charge in [0.2, 0.25) is 11.6 Å². The largest absolute Gasteiger partial charge is 1.00 e. The van der Waals surface area contributed by atoms with Gasteiger partial charge >= 0.3 is 29.6 Å². The second-order valence-corrected chi connectivity index (χ2v) is 10.8. The molecule has 4 heterocycles. The van der Waals surface area contributed by atoms with Crippen LogP contribution in [0.5, 0.6) is 23.1 Å². The zero-order valence-electron chi connectivity index (χ0n) is 25.3. The van der Waals surface area contributed by atoms with Gasteiger partial charge in [0, 0.05) is 18.0 Å². The molecule has 15 nitrogen and oxygen atoms in total. The Labute approximate surface area is 276 Å². The molecule has 44 heavy (non-hydrogen) atoms. The third-order valence-electron chi connectivity index (χ3n) is 5.97. The van der Waals surface area contributed by atoms with E-state index in [9.17, 15) is 13.5 Å². The molecule has 0 spiro atoms. The van der Waals surface area contributed by atoms with E-state index in [4.69, 9.17) is 14.2 Å². The maximum absolute atomic E-state index is 13.6. The normalized spacial score (nSPS) is 11.1. The van der Waals surface area contributed by atoms with Crippen LogP contribution in [0.15, 0.2) is 66.0 Å². The Kier molecular flexibility index (Phi) is 10.8. The van der Waals surface area contributed by atoms with Gasteiger partial charge in [0.1, 0.15) is 12.3 Å². The minimum atomic E-state index is -4.28. The van der Waals surface area contributed by atoms with Crippen LogP contribution < -0.4 is 48.5 Å². The maximum atomic E-state index is 13.6. The molecular weight excluding hydrogens is 601 g/mol. The van der Waals surface area contributed by atoms with Crippen molar-refractivity contribution >= 4 is 15.8 Å². The molecule has 0 fully saturated rings. The number of pyridine rings is 2. The molecule has 0 aliphatic rings. The van der Waals surface area contributed by atoms with Gasteiger partial charge in [-0.15, -0.1) is 10.2 Å². The molecule has 0 saturated heterocycles. The number of aromatic nitrogens is 8. The number of para-hydroxylation sites is 2. The second kappa shape index (κ2) is 14.5. The molecule has 0 aliphatic heterocycles. The summed E-state index contributed by atoms with van der Waals surface area (Å²) in [6.45, 7) is 3.43. The van der Waals surface area contributed by atoms with Crippen molar-refractivity contribution in [2.24, 2.45) is 0 Å². The number of nitrogens with zero attached hydrogens (tertiary/aromatic N) is 7. The number of aliphatic hydroxyl groups excluding tert-OH is 1. The Hall–Kier alpha value is -4.22. The van der Waals surface area contributed by atoms with Crippen LogP contribution in [0.1, 0.15) is 26.8 Å². The summed E-state index contributed by atoms with van der Waals surface area (Å²) in [5.74, 6) is 0.458. The van der Waals surface area contributed by atoms with Gasteiger partial charge in [-0.2, -0.15) is 18.6 Å². The summed E-state index contributed by atoms with van der Waals surface area (Å²) >= 11 is 0. The number of H-pyrrole nitrogens is 1. The van der Waals surface area contributed by atoms with E-state index < -0.39 is 10.0 Å². The number of benzene rings is 1. The van der Waals surface area contributed by atoms with E-state index in [1.165, 1.54) is 25.6 Å². The topological polar surface area (TPSA) is 200 Å². The second-order valence-electron chi connectivity index (χ2n) is 9.21. The molecule has 0 bridgehead atoms. The minimum absolute atomic E-state index is 0. The molecule has 0 radical (unpaired) electrons. The standard InChI is InChI=1S/C27H27N9O6S.Na.H/c1-16(2)18-8-9-22(29-15-18)43(38,39)34-26-23(42-21-7-5-4-6-20(21)40-3)27(41-13-12-37)31-24(30-26)17-10-11-28-19(14-17)25-32-35-36-33-25;;/h4-11,14-16,37H,12-13H2,1-3H3,(H,30,31,34)(H,32,33,35,36);;/q;+1;-1. The molecule has 5 rings (SSSR count). The summed E-state index contributed by atoms with van der Waals surface area (Å²) in [6.07, 6.45) is 2.99. The number of nitrogens with one attached hydrogen (secondary N) is 2. The number of ether oxygens (including phenoxy) is 3. The number of hydrogen-bond donors (Lipinski definition) is 3. The number of methoxy groups -OCH3 is 1. The van der Waals surface area contributed by atoms with Crippen molar-refractivity contribution in [2.75, 3.05) is 25.0 Å². The SMILES string of the molecule is COc1ccccc1Oc1c(NS(=O)(=O)c2ccc(C(C)C)cn2)nc(-c2ccnc(-c3nn[nH]n3)c2)nc1OCCO.[H-].[Na+]. The van der Waals surface area contributed by atoms with Crippen LogP contribution in [0.2, 0.25) is 0 Å². The molecule has 4 aromatic heterocycles. The summed E-state index contributed by atoms with van der Waals surface area (Å²) in [6, 6.07) is 13.0. The van der Waals surface area contributed by atoms with Gasteiger partial charge in [0.15, 0.2) is 28.2 Å². The molecule has 3 N–H and O–H groups in total. The third-order valence-corrected chi connectivity index (χ3v) is 7.22. The maximum Gasteiger partial charge on any atom is 1.00 e. The molecule has 0 unspecified atom stereocenters. The number of hydrogen-bond acceptors (Lipinski definition) is 13. The van der Waals surface area contributed by atoms with Crippen LogP contribution in [0.25, 0.3) is 22.9 Å². The Morgan fingerprint density at radius 3 is 2.50 bits per heavy atom. The van der Waals surface area contributed by atoms with Gasteiger partial charge in [0.05, 0.1) is 13.7 Å². The molecule has 0 saturated carbocycles. The number of aliphatic hydroxyl groups is 1. The number of rotatable bonds is 12. The van der Waals surface area contributed by atoms with Gasteiger partial charge in [0.25, 0.3) is 15.9 Å². The van der Waals surface area contributed by atoms with Crippen molar-refractivity contribution in [3.05, 3.63) is 66.5 Å². The summed E-state index contributed by atoms with van der Waals surface area (Å²) in [5, 5.41) is 23.1. The van der Waals surface area contributed by atoms with Gasteiger partial charge in [-0.05, 0) is 47.0 Å². The van der Waals surface area contributed by atoms with Crippen molar-refractivity contribution in [3.8, 4) is 46.0 Å². The number of tetrazole rings is 1. The summed E-state index contributed by atoms with van der Waals surface area (Å²) < 4.78 is 46.8. The monoisotopic (exact) mass is 629 g/mol. The fourth-order valence-electron chi connectivity index (χ4n) is 3.81. The molecule has 0 amide bonds. The third kappa shape index (κ3) is 7.46. The summed E-state index contributed by atoms with van der Waals surface area (Å²) in [4.78, 5) is 17.4. The number of aromatic amines is 1. The molecule has 5 aromatic rings. The van der Waals surface area contributed by atoms with E-state index in [2.05, 4.69) is 45.3 Å². The van der Waals surface area contributed by atoms with Gasteiger partial charge in [-0.25, -0.2) is 9.97 Å². The summed E-state index contributed by atoms with van der Waals surface area (Å²) in [7, 11) is -2.81. The van der Waals surface area contributed by atoms with Crippen molar-refractivity contribution < 1.29 is 58.7 Å². The van der Waals surface area contributed by atoms with Crippen molar-refractivity contribution in [2.45, 2.75) is 24.8 Å². The first-order chi connectivity index (χ1) is 20.8. The van der Waals surface area contributed by atoms with E-state index in [1.807, 2.05) is 13.8 Å². The van der Waals surface area contributed by atoms with Crippen LogP contribution in [0.3, 0.4) is 0 Å². The smallest absolute Gasteiger partial charge is 1.00 e. The van der Waals surface area contributed by atoms with Gasteiger partial charge in [-0.3, -0.25) is 9.71 Å². The first-order valence-corrected chi connectivity index (χ1v) is 14.4. The Balaban J connectivity index is 0.00000276. The average Bonchev–Trinajstić information content (AvgIpc) is 3.57. The first-order valence-electron chi connectivity index (χ1n) is 12.9. The van der Waals surface area contributed by atoms with E-state index in [0.29, 0.717) is 17.0 Å². The van der Waals surface area contributed by atoms with Crippen LogP contribution in [0, 0.1) is 0 Å². The molecular formula is C27H28N9NaO6S. The van der Waals surface area contributed by atoms with E-state index in [1.54, 1.807) is 42.5 Å². The van der Waals surface area contributed by atoms with Crippen LogP contribution in [0.4, 0.5) is 5.82 Å². The van der Waals surface area contributed by atoms with Crippen molar-refractivity contribution in [1.82, 2.24) is 40.6 Å². The number of anilines is 1. The predicted molar refractivity (Wildman–Crippen MR) is 154 cm³/mol. The van der Waals surface area contributed by atoms with E-state index in [-0.39, 0.29) is 90.0 Å². The summed E-state index contributed by atoms with van der Waals surface area (Å²) in [5.41, 5.74) is 1.66. The molecule has 224 valence electrons. The number of sulfonamides is 1. The Morgan fingerprint density at radius 2 is 1.84 bits per heavy atom. The molecule has 0 atom stereocenters. The average molecular weight is 630 g/mol. The van der Waals surface area contributed by atoms with Gasteiger partial charge < -0.3 is 20.7 Å². The fraction of sp³-hybridized carbons (Fsp3) is 0.222. The zero-order chi connectivity index (χ0) is 30.4. The zero-order valence-corrected chi connectivity index (χ0v) is 27.1. The minimum Gasteiger partial charge on any atom is -1.00 e. The Bertz CT molecular complexity index is 1810. The predicted octanol–water partition coefficient (Wildman–Crippen LogP) is 0.326. The van der Waals surface area contributed by atoms with Crippen LogP contribution >= 0.6 is 0 Å². The molecule has 1 aromatic carbocycles. The van der Waals surface area contributed by atoms with Crippen LogP contribution in [-0.2, 0) is 10.0 Å². The van der Waals surface area contributed by atoms with E-state index in [0.717, 1.165) is 5.56 Å². The first kappa shape index (κ1) is 32.7.